The van der Waals surface area contributed by atoms with Crippen molar-refractivity contribution in [3.63, 3.8) is 0 Å². The fourth-order valence-electron chi connectivity index (χ4n) is 2.28. The molecule has 0 radical (unpaired) electrons. The van der Waals surface area contributed by atoms with Crippen molar-refractivity contribution < 1.29 is 23.9 Å². The zero-order chi connectivity index (χ0) is 19.3. The van der Waals surface area contributed by atoms with Crippen molar-refractivity contribution in [1.29, 1.82) is 0 Å². The van der Waals surface area contributed by atoms with Crippen LogP contribution in [0.15, 0.2) is 34.7 Å². The lowest BCUT2D eigenvalue weighted by Gasteiger charge is -2.11. The van der Waals surface area contributed by atoms with Crippen LogP contribution in [0.2, 0.25) is 0 Å². The molecule has 0 aliphatic heterocycles. The first-order valence-electron chi connectivity index (χ1n) is 8.04. The van der Waals surface area contributed by atoms with Gasteiger partial charge in [0.1, 0.15) is 17.1 Å². The number of urea groups is 1. The van der Waals surface area contributed by atoms with Crippen molar-refractivity contribution in [2.45, 2.75) is 33.4 Å². The van der Waals surface area contributed by atoms with Crippen molar-refractivity contribution in [2.75, 3.05) is 5.32 Å². The number of carbonyl (C=O) groups is 3. The molecule has 0 aliphatic carbocycles. The van der Waals surface area contributed by atoms with E-state index in [0.29, 0.717) is 17.0 Å². The van der Waals surface area contributed by atoms with E-state index in [-0.39, 0.29) is 35.8 Å². The van der Waals surface area contributed by atoms with Crippen LogP contribution >= 0.6 is 0 Å². The SMILES string of the molecule is Cc1oc(CNC(=O)c2cccc(NC(=O)NC(C)C)c2)cc1C(=O)O. The number of anilines is 1. The van der Waals surface area contributed by atoms with Gasteiger partial charge in [-0.05, 0) is 45.0 Å². The van der Waals surface area contributed by atoms with Crippen LogP contribution in [-0.2, 0) is 6.54 Å². The second-order valence-electron chi connectivity index (χ2n) is 6.00. The van der Waals surface area contributed by atoms with Gasteiger partial charge in [0.25, 0.3) is 5.91 Å². The van der Waals surface area contributed by atoms with E-state index >= 15 is 0 Å². The highest BCUT2D eigenvalue weighted by atomic mass is 16.4. The highest BCUT2D eigenvalue weighted by molar-refractivity contribution is 5.97. The van der Waals surface area contributed by atoms with Crippen LogP contribution in [-0.4, -0.2) is 29.1 Å². The van der Waals surface area contributed by atoms with Crippen LogP contribution in [0.5, 0.6) is 0 Å². The fourth-order valence-corrected chi connectivity index (χ4v) is 2.28. The predicted molar refractivity (Wildman–Crippen MR) is 95.3 cm³/mol. The van der Waals surface area contributed by atoms with Crippen LogP contribution in [0, 0.1) is 6.92 Å². The van der Waals surface area contributed by atoms with Crippen molar-refractivity contribution in [3.8, 4) is 0 Å². The summed E-state index contributed by atoms with van der Waals surface area (Å²) in [5, 5.41) is 17.0. The Hall–Kier alpha value is -3.29. The van der Waals surface area contributed by atoms with Gasteiger partial charge in [0.05, 0.1) is 6.54 Å². The molecule has 8 heteroatoms. The monoisotopic (exact) mass is 359 g/mol. The van der Waals surface area contributed by atoms with Crippen molar-refractivity contribution in [2.24, 2.45) is 0 Å². The summed E-state index contributed by atoms with van der Waals surface area (Å²) in [6.45, 7) is 5.29. The summed E-state index contributed by atoms with van der Waals surface area (Å²) in [6.07, 6.45) is 0. The molecular formula is C18H21N3O5. The number of carboxylic acids is 1. The number of amides is 3. The minimum Gasteiger partial charge on any atom is -0.478 e. The third-order valence-corrected chi connectivity index (χ3v) is 3.42. The molecule has 4 N–H and O–H groups in total. The number of hydrogen-bond acceptors (Lipinski definition) is 4. The highest BCUT2D eigenvalue weighted by Gasteiger charge is 2.15. The molecule has 0 spiro atoms. The van der Waals surface area contributed by atoms with Gasteiger partial charge in [-0.25, -0.2) is 9.59 Å². The van der Waals surface area contributed by atoms with E-state index < -0.39 is 5.97 Å². The number of carboxylic acid groups (broad SMARTS) is 1. The summed E-state index contributed by atoms with van der Waals surface area (Å²) in [5.41, 5.74) is 0.906. The largest absolute Gasteiger partial charge is 0.478 e. The molecule has 26 heavy (non-hydrogen) atoms. The van der Waals surface area contributed by atoms with E-state index in [9.17, 15) is 14.4 Å². The smallest absolute Gasteiger partial charge is 0.339 e. The second-order valence-corrected chi connectivity index (χ2v) is 6.00. The Labute approximate surface area is 150 Å². The highest BCUT2D eigenvalue weighted by Crippen LogP contribution is 2.15. The van der Waals surface area contributed by atoms with Crippen molar-refractivity contribution in [3.05, 3.63) is 53.0 Å². The lowest BCUT2D eigenvalue weighted by molar-refractivity contribution is 0.0694. The summed E-state index contributed by atoms with van der Waals surface area (Å²) in [7, 11) is 0. The molecule has 1 aromatic carbocycles. The van der Waals surface area contributed by atoms with E-state index in [1.807, 2.05) is 13.8 Å². The maximum Gasteiger partial charge on any atom is 0.339 e. The minimum atomic E-state index is -1.08. The topological polar surface area (TPSA) is 121 Å². The number of hydrogen-bond donors (Lipinski definition) is 4. The molecular weight excluding hydrogens is 338 g/mol. The Morgan fingerprint density at radius 3 is 2.54 bits per heavy atom. The maximum atomic E-state index is 12.3. The van der Waals surface area contributed by atoms with E-state index in [4.69, 9.17) is 9.52 Å². The quantitative estimate of drug-likeness (QED) is 0.632. The molecule has 2 rings (SSSR count). The number of nitrogens with one attached hydrogen (secondary N) is 3. The molecule has 2 aromatic rings. The average Bonchev–Trinajstić information content (AvgIpc) is 2.93. The second kappa shape index (κ2) is 8.19. The van der Waals surface area contributed by atoms with E-state index in [2.05, 4.69) is 16.0 Å². The Morgan fingerprint density at radius 1 is 1.19 bits per heavy atom. The number of furan rings is 1. The molecule has 0 aliphatic rings. The summed E-state index contributed by atoms with van der Waals surface area (Å²) >= 11 is 0. The van der Waals surface area contributed by atoms with Crippen LogP contribution in [0.3, 0.4) is 0 Å². The number of benzene rings is 1. The van der Waals surface area contributed by atoms with Gasteiger partial charge in [-0.3, -0.25) is 4.79 Å². The molecule has 1 aromatic heterocycles. The average molecular weight is 359 g/mol. The number of carbonyl (C=O) groups excluding carboxylic acids is 2. The van der Waals surface area contributed by atoms with Crippen molar-refractivity contribution >= 4 is 23.6 Å². The molecule has 138 valence electrons. The van der Waals surface area contributed by atoms with Gasteiger partial charge in [0.15, 0.2) is 0 Å². The Kier molecular flexibility index (Phi) is 6.00. The van der Waals surface area contributed by atoms with E-state index in [1.165, 1.54) is 6.07 Å². The van der Waals surface area contributed by atoms with Gasteiger partial charge in [0, 0.05) is 17.3 Å². The molecule has 8 nitrogen and oxygen atoms in total. The van der Waals surface area contributed by atoms with Crippen LogP contribution in [0.1, 0.15) is 46.1 Å². The standard InChI is InChI=1S/C18H21N3O5/c1-10(2)20-18(25)21-13-6-4-5-12(7-13)16(22)19-9-14-8-15(17(23)24)11(3)26-14/h4-8,10H,9H2,1-3H3,(H,19,22)(H,23,24)(H2,20,21,25). The Balaban J connectivity index is 1.99. The maximum absolute atomic E-state index is 12.3. The van der Waals surface area contributed by atoms with Gasteiger partial charge in [-0.1, -0.05) is 6.07 Å². The third-order valence-electron chi connectivity index (χ3n) is 3.42. The fraction of sp³-hybridized carbons (Fsp3) is 0.278. The Morgan fingerprint density at radius 2 is 1.92 bits per heavy atom. The minimum absolute atomic E-state index is 0.00562. The molecule has 0 atom stereocenters. The number of rotatable bonds is 6. The van der Waals surface area contributed by atoms with Gasteiger partial charge < -0.3 is 25.5 Å². The first-order valence-corrected chi connectivity index (χ1v) is 8.04. The van der Waals surface area contributed by atoms with Gasteiger partial charge in [-0.2, -0.15) is 0 Å². The van der Waals surface area contributed by atoms with E-state index in [0.717, 1.165) is 0 Å². The molecule has 0 fully saturated rings. The molecule has 0 unspecified atom stereocenters. The summed E-state index contributed by atoms with van der Waals surface area (Å²) in [5.74, 6) is -0.825. The van der Waals surface area contributed by atoms with Crippen molar-refractivity contribution in [1.82, 2.24) is 10.6 Å². The van der Waals surface area contributed by atoms with Crippen LogP contribution in [0.25, 0.3) is 0 Å². The third kappa shape index (κ3) is 5.10. The normalized spacial score (nSPS) is 10.5. The number of aryl methyl sites for hydroxylation is 1. The zero-order valence-corrected chi connectivity index (χ0v) is 14.8. The zero-order valence-electron chi connectivity index (χ0n) is 14.8. The molecule has 0 saturated carbocycles. The van der Waals surface area contributed by atoms with E-state index in [1.54, 1.807) is 31.2 Å². The number of aromatic carboxylic acids is 1. The molecule has 3 amide bonds. The summed E-state index contributed by atoms with van der Waals surface area (Å²) in [6, 6.07) is 7.50. The lowest BCUT2D eigenvalue weighted by atomic mass is 10.2. The molecule has 0 bridgehead atoms. The van der Waals surface area contributed by atoms with Gasteiger partial charge in [0.2, 0.25) is 0 Å². The molecule has 0 saturated heterocycles. The lowest BCUT2D eigenvalue weighted by Crippen LogP contribution is -2.34. The van der Waals surface area contributed by atoms with Crippen LogP contribution in [0.4, 0.5) is 10.5 Å². The first kappa shape index (κ1) is 19.0. The summed E-state index contributed by atoms with van der Waals surface area (Å²) < 4.78 is 5.31. The summed E-state index contributed by atoms with van der Waals surface area (Å²) in [4.78, 5) is 35.0. The van der Waals surface area contributed by atoms with Crippen LogP contribution < -0.4 is 16.0 Å². The Bertz CT molecular complexity index is 826. The van der Waals surface area contributed by atoms with Gasteiger partial charge in [-0.15, -0.1) is 0 Å². The van der Waals surface area contributed by atoms with Gasteiger partial charge >= 0.3 is 12.0 Å². The predicted octanol–water partition coefficient (Wildman–Crippen LogP) is 2.75. The molecule has 1 heterocycles. The first-order chi connectivity index (χ1) is 12.3.